The molecule has 0 spiro atoms. The number of fused-ring (bicyclic) bond motifs is 1. The molecule has 0 saturated carbocycles. The maximum atomic E-state index is 12.0. The number of benzene rings is 1. The minimum atomic E-state index is 0.0134. The smallest absolute Gasteiger partial charge is 0.225 e. The zero-order chi connectivity index (χ0) is 20.9. The Balaban J connectivity index is 1.37. The van der Waals surface area contributed by atoms with Gasteiger partial charge in [-0.2, -0.15) is 9.61 Å². The number of nitrogens with zero attached hydrogens (tertiary/aromatic N) is 3. The summed E-state index contributed by atoms with van der Waals surface area (Å²) in [7, 11) is 1.99. The molecule has 0 bridgehead atoms. The molecule has 2 aromatic heterocycles. The van der Waals surface area contributed by atoms with Crippen LogP contribution >= 0.6 is 11.6 Å². The number of carbonyl (C=O) groups is 1. The average molecular weight is 426 g/mol. The molecule has 1 aromatic carbocycles. The average Bonchev–Trinajstić information content (AvgIpc) is 3.41. The van der Waals surface area contributed by atoms with Crippen molar-refractivity contribution in [1.29, 1.82) is 0 Å². The Labute approximate surface area is 181 Å². The summed E-state index contributed by atoms with van der Waals surface area (Å²) in [5.74, 6) is 0.988. The summed E-state index contributed by atoms with van der Waals surface area (Å²) in [5.41, 5.74) is 3.51. The molecule has 0 radical (unpaired) electrons. The van der Waals surface area contributed by atoms with Gasteiger partial charge in [0.2, 0.25) is 5.91 Å². The van der Waals surface area contributed by atoms with Gasteiger partial charge in [0.15, 0.2) is 5.65 Å². The van der Waals surface area contributed by atoms with Crippen molar-refractivity contribution in [2.45, 2.75) is 19.3 Å². The summed E-state index contributed by atoms with van der Waals surface area (Å²) < 4.78 is 7.08. The molecule has 1 aliphatic rings. The molecule has 3 heterocycles. The van der Waals surface area contributed by atoms with Crippen molar-refractivity contribution in [3.05, 3.63) is 41.6 Å². The predicted octanol–water partition coefficient (Wildman–Crippen LogP) is 1.65. The number of rotatable bonds is 8. The van der Waals surface area contributed by atoms with Crippen LogP contribution in [-0.4, -0.2) is 54.7 Å². The van der Waals surface area contributed by atoms with E-state index in [-0.39, 0.29) is 11.8 Å². The number of halogens is 1. The fraction of sp³-hybridized carbons (Fsp3) is 0.381. The maximum absolute atomic E-state index is 12.0. The first-order valence-electron chi connectivity index (χ1n) is 10.3. The number of ether oxygens (including phenoxy) is 1. The summed E-state index contributed by atoms with van der Waals surface area (Å²) in [6, 6.07) is 9.67. The van der Waals surface area contributed by atoms with E-state index in [0.717, 1.165) is 54.0 Å². The zero-order valence-corrected chi connectivity index (χ0v) is 17.8. The van der Waals surface area contributed by atoms with Crippen LogP contribution in [0.2, 0.25) is 5.02 Å². The first-order chi connectivity index (χ1) is 14.6. The number of aromatic nitrogens is 3. The van der Waals surface area contributed by atoms with Crippen molar-refractivity contribution >= 4 is 42.3 Å². The van der Waals surface area contributed by atoms with Crippen molar-refractivity contribution in [2.24, 2.45) is 5.92 Å². The minimum absolute atomic E-state index is 0.0134. The van der Waals surface area contributed by atoms with Crippen LogP contribution in [0.5, 0.6) is 0 Å². The molecule has 9 heteroatoms. The number of carbonyl (C=O) groups excluding carboxylic acids is 1. The topological polar surface area (TPSA) is 80.5 Å². The highest BCUT2D eigenvalue weighted by Crippen LogP contribution is 2.28. The van der Waals surface area contributed by atoms with Crippen LogP contribution in [0.25, 0.3) is 16.9 Å². The van der Waals surface area contributed by atoms with Gasteiger partial charge in [-0.25, -0.2) is 4.98 Å². The van der Waals surface area contributed by atoms with E-state index < -0.39 is 0 Å². The van der Waals surface area contributed by atoms with Gasteiger partial charge in [0.1, 0.15) is 13.7 Å². The molecule has 1 saturated heterocycles. The van der Waals surface area contributed by atoms with Crippen molar-refractivity contribution in [1.82, 2.24) is 19.9 Å². The standard InChI is InChI=1S/C21H25BClN5O2/c22-16-12-26-28-19(11-18(27-20(16)28)15-5-1-2-6-17(15)23)24-8-3-4-9-25-21(29)14-7-10-30-13-14/h1-2,5-6,11-12,14,24H,3-4,7-10,13,22H2,(H,25,29). The van der Waals surface area contributed by atoms with E-state index in [1.165, 1.54) is 0 Å². The minimum Gasteiger partial charge on any atom is -0.381 e. The summed E-state index contributed by atoms with van der Waals surface area (Å²) in [6.45, 7) is 2.67. The van der Waals surface area contributed by atoms with Crippen LogP contribution in [0, 0.1) is 5.92 Å². The SMILES string of the molecule is Bc1cnn2c(NCCCCNC(=O)C3CCOC3)cc(-c3ccccc3Cl)nc12. The van der Waals surface area contributed by atoms with E-state index in [1.807, 2.05) is 48.9 Å². The second-order valence-electron chi connectivity index (χ2n) is 7.55. The van der Waals surface area contributed by atoms with Crippen LogP contribution < -0.4 is 16.1 Å². The van der Waals surface area contributed by atoms with E-state index in [1.54, 1.807) is 0 Å². The van der Waals surface area contributed by atoms with Crippen LogP contribution in [0.1, 0.15) is 19.3 Å². The largest absolute Gasteiger partial charge is 0.381 e. The Hall–Kier alpha value is -2.58. The quantitative estimate of drug-likeness (QED) is 0.424. The number of anilines is 1. The Morgan fingerprint density at radius 2 is 2.13 bits per heavy atom. The predicted molar refractivity (Wildman–Crippen MR) is 121 cm³/mol. The Kier molecular flexibility index (Phi) is 6.54. The molecule has 1 atom stereocenters. The third-order valence-corrected chi connectivity index (χ3v) is 5.64. The van der Waals surface area contributed by atoms with Crippen LogP contribution in [0.4, 0.5) is 5.82 Å². The van der Waals surface area contributed by atoms with Gasteiger partial charge in [-0.15, -0.1) is 0 Å². The van der Waals surface area contributed by atoms with Gasteiger partial charge >= 0.3 is 0 Å². The molecular formula is C21H25BClN5O2. The number of hydrogen-bond acceptors (Lipinski definition) is 5. The van der Waals surface area contributed by atoms with Crippen molar-refractivity contribution in [3.63, 3.8) is 0 Å². The van der Waals surface area contributed by atoms with E-state index in [4.69, 9.17) is 21.3 Å². The summed E-state index contributed by atoms with van der Waals surface area (Å²) in [6.07, 6.45) is 4.46. The van der Waals surface area contributed by atoms with Crippen molar-refractivity contribution < 1.29 is 9.53 Å². The monoisotopic (exact) mass is 425 g/mol. The van der Waals surface area contributed by atoms with Gasteiger partial charge in [0.25, 0.3) is 0 Å². The lowest BCUT2D eigenvalue weighted by Gasteiger charge is -2.12. The molecule has 7 nitrogen and oxygen atoms in total. The Morgan fingerprint density at radius 3 is 2.93 bits per heavy atom. The third-order valence-electron chi connectivity index (χ3n) is 5.31. The molecule has 3 aromatic rings. The number of amides is 1. The Bertz CT molecular complexity index is 1040. The van der Waals surface area contributed by atoms with Crippen LogP contribution in [0.3, 0.4) is 0 Å². The molecule has 156 valence electrons. The molecular weight excluding hydrogens is 401 g/mol. The number of hydrogen-bond donors (Lipinski definition) is 2. The fourth-order valence-electron chi connectivity index (χ4n) is 3.57. The third kappa shape index (κ3) is 4.60. The van der Waals surface area contributed by atoms with E-state index in [9.17, 15) is 4.79 Å². The lowest BCUT2D eigenvalue weighted by molar-refractivity contribution is -0.124. The highest BCUT2D eigenvalue weighted by Gasteiger charge is 2.22. The lowest BCUT2D eigenvalue weighted by atomic mass is 10.0. The van der Waals surface area contributed by atoms with Crippen molar-refractivity contribution in [2.75, 3.05) is 31.6 Å². The second-order valence-corrected chi connectivity index (χ2v) is 7.96. The second kappa shape index (κ2) is 9.49. The summed E-state index contributed by atoms with van der Waals surface area (Å²) in [4.78, 5) is 16.8. The van der Waals surface area contributed by atoms with E-state index in [0.29, 0.717) is 24.8 Å². The van der Waals surface area contributed by atoms with Gasteiger partial charge in [-0.05, 0) is 30.8 Å². The van der Waals surface area contributed by atoms with Gasteiger partial charge in [-0.3, -0.25) is 4.79 Å². The highest BCUT2D eigenvalue weighted by atomic mass is 35.5. The zero-order valence-electron chi connectivity index (χ0n) is 17.0. The number of unbranched alkanes of at least 4 members (excludes halogenated alkanes) is 1. The van der Waals surface area contributed by atoms with Gasteiger partial charge < -0.3 is 15.4 Å². The van der Waals surface area contributed by atoms with Gasteiger partial charge in [0, 0.05) is 42.5 Å². The summed E-state index contributed by atoms with van der Waals surface area (Å²) in [5, 5.41) is 11.6. The molecule has 1 unspecified atom stereocenters. The summed E-state index contributed by atoms with van der Waals surface area (Å²) >= 11 is 6.38. The van der Waals surface area contributed by atoms with Gasteiger partial charge in [0.05, 0.1) is 18.2 Å². The normalized spacial score (nSPS) is 16.1. The first-order valence-corrected chi connectivity index (χ1v) is 10.7. The first kappa shape index (κ1) is 20.7. The molecule has 4 rings (SSSR count). The van der Waals surface area contributed by atoms with Crippen molar-refractivity contribution in [3.8, 4) is 11.3 Å². The van der Waals surface area contributed by atoms with E-state index >= 15 is 0 Å². The van der Waals surface area contributed by atoms with Crippen LogP contribution in [-0.2, 0) is 9.53 Å². The van der Waals surface area contributed by atoms with E-state index in [2.05, 4.69) is 15.7 Å². The molecule has 1 amide bonds. The van der Waals surface area contributed by atoms with Gasteiger partial charge in [-0.1, -0.05) is 29.8 Å². The maximum Gasteiger partial charge on any atom is 0.225 e. The highest BCUT2D eigenvalue weighted by molar-refractivity contribution is 6.36. The lowest BCUT2D eigenvalue weighted by Crippen LogP contribution is -2.31. The Morgan fingerprint density at radius 1 is 1.30 bits per heavy atom. The number of nitrogens with one attached hydrogen (secondary N) is 2. The molecule has 2 N–H and O–H groups in total. The van der Waals surface area contributed by atoms with Crippen LogP contribution in [0.15, 0.2) is 36.5 Å². The fourth-order valence-corrected chi connectivity index (χ4v) is 3.80. The molecule has 1 fully saturated rings. The molecule has 1 aliphatic heterocycles. The molecule has 30 heavy (non-hydrogen) atoms. The molecule has 0 aliphatic carbocycles.